The Morgan fingerprint density at radius 1 is 0.282 bits per heavy atom. The summed E-state index contributed by atoms with van der Waals surface area (Å²) in [6.07, 6.45) is 28.5. The average molecular weight is 1040 g/mol. The molecule has 0 amide bonds. The second-order valence-electron chi connectivity index (χ2n) is 19.7. The minimum Gasteiger partial charge on any atom is -0.303 e. The Hall–Kier alpha value is -8.20. The zero-order chi connectivity index (χ0) is 54.0. The normalized spacial score (nSPS) is 11.9. The van der Waals surface area contributed by atoms with Crippen molar-refractivity contribution in [2.45, 2.75) is 66.2 Å². The molecule has 0 aliphatic heterocycles. The van der Waals surface area contributed by atoms with E-state index in [0.717, 1.165) is 194 Å². The van der Waals surface area contributed by atoms with E-state index in [0.29, 0.717) is 0 Å². The smallest absolute Gasteiger partial charge is 0.0892 e. The lowest BCUT2D eigenvalue weighted by Crippen LogP contribution is -2.31. The fourth-order valence-electron chi connectivity index (χ4n) is 8.94. The standard InChI is InChI=1S/C64H72N14/c1-49-11-23-69-57(37-49)61-41-53(15-27-73-61)45-65-19-7-33-77(34-8-20-66-46-54-16-28-74-62(42-54)58-38-50(2)12-24-70-58)31-5-6-32-78(35-9-21-67-47-55-17-29-75-63(43-55)59-39-51(3)13-25-71-59)36-10-22-68-48-56-18-30-76-64(44-56)60-40-52(4)14-26-72-60/h11-18,23-30,37-48H,5-10,19-22,31-36H2,1-4H3. The lowest BCUT2D eigenvalue weighted by atomic mass is 10.1. The zero-order valence-electron chi connectivity index (χ0n) is 45.7. The topological polar surface area (TPSA) is 159 Å². The van der Waals surface area contributed by atoms with Crippen LogP contribution in [0.15, 0.2) is 167 Å². The first kappa shape index (κ1) is 56.0. The molecule has 0 saturated carbocycles. The van der Waals surface area contributed by atoms with Gasteiger partial charge in [-0.1, -0.05) is 0 Å². The van der Waals surface area contributed by atoms with Crippen LogP contribution in [0.2, 0.25) is 0 Å². The number of unbranched alkanes of at least 4 members (excludes halogenated alkanes) is 1. The van der Waals surface area contributed by atoms with Crippen molar-refractivity contribution >= 4 is 24.9 Å². The zero-order valence-corrected chi connectivity index (χ0v) is 45.7. The number of hydrogen-bond acceptors (Lipinski definition) is 14. The molecule has 14 nitrogen and oxygen atoms in total. The van der Waals surface area contributed by atoms with Gasteiger partial charge in [0.15, 0.2) is 0 Å². The van der Waals surface area contributed by atoms with Crippen molar-refractivity contribution in [1.82, 2.24) is 49.7 Å². The van der Waals surface area contributed by atoms with Crippen LogP contribution >= 0.6 is 0 Å². The molecule has 0 spiro atoms. The van der Waals surface area contributed by atoms with Crippen LogP contribution in [0.1, 0.15) is 83.0 Å². The Labute approximate surface area is 460 Å². The monoisotopic (exact) mass is 1040 g/mol. The Kier molecular flexibility index (Phi) is 21.9. The Morgan fingerprint density at radius 3 is 0.718 bits per heavy atom. The minimum atomic E-state index is 0.742. The van der Waals surface area contributed by atoms with E-state index in [1.807, 2.05) is 123 Å². The number of nitrogens with zero attached hydrogens (tertiary/aromatic N) is 14. The number of aromatic nitrogens is 8. The summed E-state index contributed by atoms with van der Waals surface area (Å²) in [5, 5.41) is 0. The first-order valence-corrected chi connectivity index (χ1v) is 27.3. The number of hydrogen-bond donors (Lipinski definition) is 0. The van der Waals surface area contributed by atoms with Crippen LogP contribution in [0.3, 0.4) is 0 Å². The molecule has 78 heavy (non-hydrogen) atoms. The van der Waals surface area contributed by atoms with Crippen molar-refractivity contribution < 1.29 is 0 Å². The lowest BCUT2D eigenvalue weighted by molar-refractivity contribution is 0.237. The molecule has 8 rings (SSSR count). The van der Waals surface area contributed by atoms with Crippen LogP contribution in [0, 0.1) is 27.7 Å². The van der Waals surface area contributed by atoms with Gasteiger partial charge in [0, 0.05) is 101 Å². The summed E-state index contributed by atoms with van der Waals surface area (Å²) in [6, 6.07) is 32.4. The molecule has 398 valence electrons. The highest BCUT2D eigenvalue weighted by Crippen LogP contribution is 2.20. The van der Waals surface area contributed by atoms with Crippen molar-refractivity contribution in [2.75, 3.05) is 65.4 Å². The minimum absolute atomic E-state index is 0.742. The molecule has 0 aliphatic carbocycles. The predicted molar refractivity (Wildman–Crippen MR) is 319 cm³/mol. The highest BCUT2D eigenvalue weighted by Gasteiger charge is 2.10. The molecule has 14 heteroatoms. The summed E-state index contributed by atoms with van der Waals surface area (Å²) in [5.74, 6) is 0. The van der Waals surface area contributed by atoms with Crippen molar-refractivity contribution in [1.29, 1.82) is 0 Å². The van der Waals surface area contributed by atoms with E-state index in [1.54, 1.807) is 0 Å². The second kappa shape index (κ2) is 30.5. The maximum Gasteiger partial charge on any atom is 0.0892 e. The quantitative estimate of drug-likeness (QED) is 0.0326. The third-order valence-electron chi connectivity index (χ3n) is 13.1. The fraction of sp³-hybridized carbons (Fsp3) is 0.312. The van der Waals surface area contributed by atoms with Crippen LogP contribution in [-0.4, -0.2) is 140 Å². The molecule has 0 aromatic carbocycles. The third-order valence-corrected chi connectivity index (χ3v) is 13.1. The van der Waals surface area contributed by atoms with Crippen LogP contribution in [0.25, 0.3) is 45.6 Å². The summed E-state index contributed by atoms with van der Waals surface area (Å²) in [7, 11) is 0. The summed E-state index contributed by atoms with van der Waals surface area (Å²) in [4.78, 5) is 61.0. The molecule has 0 unspecified atom stereocenters. The lowest BCUT2D eigenvalue weighted by Gasteiger charge is -2.24. The van der Waals surface area contributed by atoms with E-state index in [1.165, 1.54) is 0 Å². The molecule has 0 atom stereocenters. The van der Waals surface area contributed by atoms with Crippen molar-refractivity contribution in [3.05, 3.63) is 191 Å². The summed E-state index contributed by atoms with van der Waals surface area (Å²) in [6.45, 7) is 17.1. The molecule has 0 fully saturated rings. The van der Waals surface area contributed by atoms with E-state index in [9.17, 15) is 0 Å². The third kappa shape index (κ3) is 18.8. The molecular formula is C64H72N14. The molecule has 0 radical (unpaired) electrons. The fourth-order valence-corrected chi connectivity index (χ4v) is 8.94. The molecule has 0 saturated heterocycles. The highest BCUT2D eigenvalue weighted by molar-refractivity contribution is 5.83. The van der Waals surface area contributed by atoms with E-state index >= 15 is 0 Å². The van der Waals surface area contributed by atoms with Crippen molar-refractivity contribution in [3.63, 3.8) is 0 Å². The van der Waals surface area contributed by atoms with Gasteiger partial charge in [0.05, 0.1) is 45.6 Å². The molecule has 8 aromatic heterocycles. The van der Waals surface area contributed by atoms with Gasteiger partial charge in [0.2, 0.25) is 0 Å². The SMILES string of the molecule is Cc1ccnc(-c2cc(C=NCCCN(CCCCN(CCCN=Cc3ccnc(-c4cc(C)ccn4)c3)CCCN=Cc3ccnc(-c4cc(C)ccn4)c3)CCCN=Cc3ccnc(-c4cc(C)ccn4)c3)ccn2)c1. The van der Waals surface area contributed by atoms with Gasteiger partial charge in [-0.25, -0.2) is 0 Å². The van der Waals surface area contributed by atoms with E-state index in [2.05, 4.69) is 126 Å². The number of aryl methyl sites for hydroxylation is 4. The van der Waals surface area contributed by atoms with Crippen LogP contribution < -0.4 is 0 Å². The van der Waals surface area contributed by atoms with E-state index < -0.39 is 0 Å². The average Bonchev–Trinajstić information content (AvgIpc) is 3.46. The van der Waals surface area contributed by atoms with Gasteiger partial charge in [0.25, 0.3) is 0 Å². The van der Waals surface area contributed by atoms with Crippen molar-refractivity contribution in [2.24, 2.45) is 20.0 Å². The van der Waals surface area contributed by atoms with E-state index in [-0.39, 0.29) is 0 Å². The molecule has 8 heterocycles. The number of aliphatic imine (C=N–C) groups is 4. The second-order valence-corrected chi connectivity index (χ2v) is 19.7. The van der Waals surface area contributed by atoms with Gasteiger partial charge < -0.3 is 9.80 Å². The van der Waals surface area contributed by atoms with E-state index in [4.69, 9.17) is 20.0 Å². The first-order valence-electron chi connectivity index (χ1n) is 27.3. The van der Waals surface area contributed by atoms with Gasteiger partial charge in [-0.15, -0.1) is 0 Å². The van der Waals surface area contributed by atoms with Crippen LogP contribution in [0.4, 0.5) is 0 Å². The van der Waals surface area contributed by atoms with Gasteiger partial charge >= 0.3 is 0 Å². The molecule has 0 bridgehead atoms. The summed E-state index contributed by atoms with van der Waals surface area (Å²) >= 11 is 0. The maximum atomic E-state index is 4.85. The summed E-state index contributed by atoms with van der Waals surface area (Å²) < 4.78 is 0. The Bertz CT molecular complexity index is 2830. The van der Waals surface area contributed by atoms with Crippen LogP contribution in [0.5, 0.6) is 0 Å². The number of rotatable bonds is 29. The highest BCUT2D eigenvalue weighted by atomic mass is 15.1. The maximum absolute atomic E-state index is 4.85. The van der Waals surface area contributed by atoms with Gasteiger partial charge in [-0.05, 0) is 247 Å². The molecule has 0 N–H and O–H groups in total. The Balaban J connectivity index is 0.862. The van der Waals surface area contributed by atoms with Crippen molar-refractivity contribution in [3.8, 4) is 45.6 Å². The Morgan fingerprint density at radius 2 is 0.487 bits per heavy atom. The van der Waals surface area contributed by atoms with Crippen LogP contribution in [-0.2, 0) is 0 Å². The predicted octanol–water partition coefficient (Wildman–Crippen LogP) is 11.5. The van der Waals surface area contributed by atoms with Gasteiger partial charge in [-0.2, -0.15) is 0 Å². The number of pyridine rings is 8. The molecule has 0 aliphatic rings. The van der Waals surface area contributed by atoms with Gasteiger partial charge in [-0.3, -0.25) is 59.8 Å². The summed E-state index contributed by atoms with van der Waals surface area (Å²) in [5.41, 5.74) is 15.6. The van der Waals surface area contributed by atoms with Gasteiger partial charge in [0.1, 0.15) is 0 Å². The molecule has 8 aromatic rings. The largest absolute Gasteiger partial charge is 0.303 e. The molecular weight excluding hydrogens is 965 g/mol. The first-order chi connectivity index (χ1) is 38.3.